The highest BCUT2D eigenvalue weighted by Gasteiger charge is 2.48. The third-order valence-corrected chi connectivity index (χ3v) is 5.41. The minimum absolute atomic E-state index is 0.00252. The van der Waals surface area contributed by atoms with Gasteiger partial charge in [-0.15, -0.1) is 0 Å². The summed E-state index contributed by atoms with van der Waals surface area (Å²) in [6.45, 7) is 1.01. The Morgan fingerprint density at radius 1 is 1.28 bits per heavy atom. The van der Waals surface area contributed by atoms with E-state index >= 15 is 0 Å². The van der Waals surface area contributed by atoms with Crippen LogP contribution in [0.5, 0.6) is 11.5 Å². The van der Waals surface area contributed by atoms with Gasteiger partial charge >= 0.3 is 0 Å². The van der Waals surface area contributed by atoms with Crippen molar-refractivity contribution < 1.29 is 23.4 Å². The molecule has 1 amide bonds. The number of hydrogen-bond donors (Lipinski definition) is 2. The molecule has 25 heavy (non-hydrogen) atoms. The maximum atomic E-state index is 13.8. The second-order valence-corrected chi connectivity index (χ2v) is 6.90. The largest absolute Gasteiger partial charge is 0.454 e. The van der Waals surface area contributed by atoms with Crippen LogP contribution in [0.3, 0.4) is 0 Å². The molecule has 1 aromatic carbocycles. The van der Waals surface area contributed by atoms with E-state index in [4.69, 9.17) is 19.9 Å². The van der Waals surface area contributed by atoms with Crippen LogP contribution in [0.2, 0.25) is 0 Å². The van der Waals surface area contributed by atoms with E-state index in [0.717, 1.165) is 5.56 Å². The summed E-state index contributed by atoms with van der Waals surface area (Å²) >= 11 is 0. The third-order valence-electron chi connectivity index (χ3n) is 5.41. The van der Waals surface area contributed by atoms with Gasteiger partial charge in [-0.05, 0) is 42.9 Å². The number of rotatable bonds is 4. The lowest BCUT2D eigenvalue weighted by Crippen LogP contribution is -2.55. The molecule has 1 aliphatic carbocycles. The maximum absolute atomic E-state index is 13.8. The first kappa shape index (κ1) is 16.6. The van der Waals surface area contributed by atoms with Crippen molar-refractivity contribution in [2.24, 2.45) is 17.6 Å². The number of benzene rings is 1. The number of piperidine rings is 1. The van der Waals surface area contributed by atoms with Crippen LogP contribution in [0.4, 0.5) is 4.39 Å². The Labute approximate surface area is 145 Å². The van der Waals surface area contributed by atoms with Crippen molar-refractivity contribution in [3.8, 4) is 11.5 Å². The fraction of sp³-hybridized carbons (Fsp3) is 0.611. The van der Waals surface area contributed by atoms with Crippen molar-refractivity contribution in [2.75, 3.05) is 19.9 Å². The minimum atomic E-state index is -0.913. The number of fused-ring (bicyclic) bond motifs is 2. The zero-order valence-corrected chi connectivity index (χ0v) is 13.9. The first-order valence-corrected chi connectivity index (χ1v) is 8.83. The van der Waals surface area contributed by atoms with E-state index in [2.05, 4.69) is 5.32 Å². The van der Waals surface area contributed by atoms with Gasteiger partial charge in [-0.3, -0.25) is 4.79 Å². The summed E-state index contributed by atoms with van der Waals surface area (Å²) in [4.78, 5) is 12.6. The lowest BCUT2D eigenvalue weighted by atomic mass is 9.70. The highest BCUT2D eigenvalue weighted by molar-refractivity contribution is 5.81. The highest BCUT2D eigenvalue weighted by atomic mass is 19.1. The van der Waals surface area contributed by atoms with Crippen LogP contribution in [0.25, 0.3) is 0 Å². The topological polar surface area (TPSA) is 82.8 Å². The predicted molar refractivity (Wildman–Crippen MR) is 88.0 cm³/mol. The van der Waals surface area contributed by atoms with E-state index in [9.17, 15) is 9.18 Å². The van der Waals surface area contributed by atoms with Gasteiger partial charge in [-0.1, -0.05) is 6.07 Å². The number of carbonyl (C=O) groups excluding carboxylic acids is 1. The van der Waals surface area contributed by atoms with E-state index in [0.29, 0.717) is 37.5 Å². The lowest BCUT2D eigenvalue weighted by Gasteiger charge is -2.45. The molecule has 7 heteroatoms. The molecule has 2 aliphatic heterocycles. The molecule has 136 valence electrons. The first-order valence-electron chi connectivity index (χ1n) is 8.83. The smallest absolute Gasteiger partial charge is 0.231 e. The quantitative estimate of drug-likeness (QED) is 0.863. The number of carbonyl (C=O) groups is 1. The number of alkyl halides is 1. The van der Waals surface area contributed by atoms with Gasteiger partial charge in [0.05, 0.1) is 18.8 Å². The van der Waals surface area contributed by atoms with Crippen LogP contribution in [0.15, 0.2) is 18.2 Å². The van der Waals surface area contributed by atoms with E-state index in [1.165, 1.54) is 0 Å². The molecule has 1 saturated heterocycles. The Balaban J connectivity index is 1.64. The Kier molecular flexibility index (Phi) is 4.52. The normalized spacial score (nSPS) is 33.7. The number of nitrogens with one attached hydrogen (secondary N) is 1. The molecule has 0 bridgehead atoms. The number of amides is 1. The summed E-state index contributed by atoms with van der Waals surface area (Å²) in [5.41, 5.74) is 6.52. The molecule has 3 N–H and O–H groups in total. The van der Waals surface area contributed by atoms with Crippen molar-refractivity contribution >= 4 is 5.91 Å². The fourth-order valence-corrected chi connectivity index (χ4v) is 4.23. The minimum Gasteiger partial charge on any atom is -0.454 e. The molecule has 2 heterocycles. The summed E-state index contributed by atoms with van der Waals surface area (Å²) in [6, 6.07) is 5.34. The summed E-state index contributed by atoms with van der Waals surface area (Å²) in [5.74, 6) is 0.933. The number of halogens is 1. The number of hydrogen-bond acceptors (Lipinski definition) is 5. The van der Waals surface area contributed by atoms with Gasteiger partial charge in [0.15, 0.2) is 11.5 Å². The SMILES string of the molecule is NCCOC1C(c2ccc3c(c2)OCO3)NC(=O)C2CC(F)CCC21. The fourth-order valence-electron chi connectivity index (χ4n) is 4.23. The summed E-state index contributed by atoms with van der Waals surface area (Å²) in [6.07, 6.45) is 0.260. The molecule has 1 saturated carbocycles. The monoisotopic (exact) mass is 350 g/mol. The van der Waals surface area contributed by atoms with Gasteiger partial charge in [0, 0.05) is 12.5 Å². The van der Waals surface area contributed by atoms with E-state index in [1.807, 2.05) is 18.2 Å². The lowest BCUT2D eigenvalue weighted by molar-refractivity contribution is -0.144. The van der Waals surface area contributed by atoms with Gasteiger partial charge in [-0.25, -0.2) is 4.39 Å². The second-order valence-electron chi connectivity index (χ2n) is 6.90. The second kappa shape index (κ2) is 6.80. The van der Waals surface area contributed by atoms with Gasteiger partial charge < -0.3 is 25.3 Å². The van der Waals surface area contributed by atoms with Gasteiger partial charge in [-0.2, -0.15) is 0 Å². The zero-order chi connectivity index (χ0) is 17.4. The molecule has 1 aromatic rings. The van der Waals surface area contributed by atoms with Crippen molar-refractivity contribution in [2.45, 2.75) is 37.6 Å². The molecule has 4 rings (SSSR count). The molecule has 5 atom stereocenters. The summed E-state index contributed by atoms with van der Waals surface area (Å²) < 4.78 is 30.6. The maximum Gasteiger partial charge on any atom is 0.231 e. The third kappa shape index (κ3) is 3.06. The molecule has 2 fully saturated rings. The predicted octanol–water partition coefficient (Wildman–Crippen LogP) is 1.68. The average Bonchev–Trinajstić information content (AvgIpc) is 3.08. The van der Waals surface area contributed by atoms with E-state index in [-0.39, 0.29) is 43.1 Å². The van der Waals surface area contributed by atoms with Crippen LogP contribution >= 0.6 is 0 Å². The summed E-state index contributed by atoms with van der Waals surface area (Å²) in [7, 11) is 0. The van der Waals surface area contributed by atoms with E-state index < -0.39 is 6.17 Å². The molecule has 5 unspecified atom stereocenters. The average molecular weight is 350 g/mol. The van der Waals surface area contributed by atoms with Crippen LogP contribution in [-0.2, 0) is 9.53 Å². The Bertz CT molecular complexity index is 656. The first-order chi connectivity index (χ1) is 12.2. The number of ether oxygens (including phenoxy) is 3. The van der Waals surface area contributed by atoms with Crippen LogP contribution in [0.1, 0.15) is 30.9 Å². The molecule has 0 aromatic heterocycles. The van der Waals surface area contributed by atoms with Crippen LogP contribution in [0, 0.1) is 11.8 Å². The molecular formula is C18H23FN2O4. The highest BCUT2D eigenvalue weighted by Crippen LogP contribution is 2.44. The standard InChI is InChI=1S/C18H23FN2O4/c19-11-2-3-12-13(8-11)18(22)21-16(17(12)23-6-5-20)10-1-4-14-15(7-10)25-9-24-14/h1,4,7,11-13,16-17H,2-3,5-6,8-9,20H2,(H,21,22). The Morgan fingerprint density at radius 2 is 2.12 bits per heavy atom. The van der Waals surface area contributed by atoms with Gasteiger partial charge in [0.1, 0.15) is 6.17 Å². The number of nitrogens with two attached hydrogens (primary N) is 1. The summed E-state index contributed by atoms with van der Waals surface area (Å²) in [5, 5.41) is 3.03. The van der Waals surface area contributed by atoms with Crippen LogP contribution in [-0.4, -0.2) is 38.1 Å². The van der Waals surface area contributed by atoms with Crippen molar-refractivity contribution in [3.63, 3.8) is 0 Å². The Morgan fingerprint density at radius 3 is 2.96 bits per heavy atom. The molecule has 3 aliphatic rings. The van der Waals surface area contributed by atoms with Gasteiger partial charge in [0.25, 0.3) is 0 Å². The molecule has 0 radical (unpaired) electrons. The van der Waals surface area contributed by atoms with Gasteiger partial charge in [0.2, 0.25) is 12.7 Å². The van der Waals surface area contributed by atoms with Crippen LogP contribution < -0.4 is 20.5 Å². The molecular weight excluding hydrogens is 327 g/mol. The molecule has 6 nitrogen and oxygen atoms in total. The van der Waals surface area contributed by atoms with Crippen molar-refractivity contribution in [1.82, 2.24) is 5.32 Å². The zero-order valence-electron chi connectivity index (χ0n) is 13.9. The van der Waals surface area contributed by atoms with E-state index in [1.54, 1.807) is 0 Å². The molecule has 0 spiro atoms. The Hall–Kier alpha value is -1.86. The van der Waals surface area contributed by atoms with Crippen molar-refractivity contribution in [1.29, 1.82) is 0 Å². The van der Waals surface area contributed by atoms with Crippen molar-refractivity contribution in [3.05, 3.63) is 23.8 Å².